The van der Waals surface area contributed by atoms with Crippen LogP contribution in [0.3, 0.4) is 0 Å². The van der Waals surface area contributed by atoms with Crippen molar-refractivity contribution in [1.82, 2.24) is 5.32 Å². The summed E-state index contributed by atoms with van der Waals surface area (Å²) in [5, 5.41) is 4.27. The van der Waals surface area contributed by atoms with Gasteiger partial charge in [0.1, 0.15) is 0 Å². The smallest absolute Gasteiger partial charge is 0.0505 e. The zero-order valence-corrected chi connectivity index (χ0v) is 8.24. The van der Waals surface area contributed by atoms with Gasteiger partial charge in [-0.2, -0.15) is 11.8 Å². The minimum Gasteiger partial charge on any atom is -0.381 e. The highest BCUT2D eigenvalue weighted by atomic mass is 32.2. The zero-order valence-electron chi connectivity index (χ0n) is 7.42. The van der Waals surface area contributed by atoms with E-state index < -0.39 is 0 Å². The van der Waals surface area contributed by atoms with Crippen LogP contribution in [0.2, 0.25) is 0 Å². The molecule has 0 aromatic carbocycles. The standard InChI is InChI=1S/C9H17NOS/c1-2-8(7-11-4-1)9-6-10-3-5-12-9/h8-10H,1-7H2. The van der Waals surface area contributed by atoms with E-state index in [1.165, 1.54) is 31.7 Å². The Morgan fingerprint density at radius 1 is 1.42 bits per heavy atom. The van der Waals surface area contributed by atoms with Gasteiger partial charge in [-0.05, 0) is 18.8 Å². The second kappa shape index (κ2) is 4.49. The molecule has 1 N–H and O–H groups in total. The average Bonchev–Trinajstić information content (AvgIpc) is 2.21. The van der Waals surface area contributed by atoms with Gasteiger partial charge in [-0.15, -0.1) is 0 Å². The Morgan fingerprint density at radius 3 is 3.08 bits per heavy atom. The summed E-state index contributed by atoms with van der Waals surface area (Å²) in [4.78, 5) is 0. The van der Waals surface area contributed by atoms with Crippen molar-refractivity contribution in [3.05, 3.63) is 0 Å². The van der Waals surface area contributed by atoms with Crippen LogP contribution >= 0.6 is 11.8 Å². The van der Waals surface area contributed by atoms with Crippen LogP contribution < -0.4 is 5.32 Å². The predicted octanol–water partition coefficient (Wildman–Crippen LogP) is 1.12. The normalized spacial score (nSPS) is 38.0. The Balaban J connectivity index is 1.80. The molecule has 2 fully saturated rings. The maximum atomic E-state index is 5.49. The number of hydrogen-bond donors (Lipinski definition) is 1. The highest BCUT2D eigenvalue weighted by Crippen LogP contribution is 2.27. The topological polar surface area (TPSA) is 21.3 Å². The highest BCUT2D eigenvalue weighted by molar-refractivity contribution is 8.00. The molecule has 2 nitrogen and oxygen atoms in total. The molecule has 2 rings (SSSR count). The Hall–Kier alpha value is 0.270. The Kier molecular flexibility index (Phi) is 3.31. The first-order chi connectivity index (χ1) is 5.97. The second-order valence-corrected chi connectivity index (χ2v) is 4.94. The zero-order chi connectivity index (χ0) is 8.23. The van der Waals surface area contributed by atoms with Gasteiger partial charge in [-0.3, -0.25) is 0 Å². The summed E-state index contributed by atoms with van der Waals surface area (Å²) in [6.07, 6.45) is 2.64. The van der Waals surface area contributed by atoms with Crippen molar-refractivity contribution in [2.75, 3.05) is 32.1 Å². The molecule has 2 aliphatic rings. The summed E-state index contributed by atoms with van der Waals surface area (Å²) >= 11 is 2.13. The number of nitrogens with one attached hydrogen (secondary N) is 1. The first-order valence-electron chi connectivity index (χ1n) is 4.87. The molecule has 0 bridgehead atoms. The van der Waals surface area contributed by atoms with Crippen molar-refractivity contribution in [3.63, 3.8) is 0 Å². The van der Waals surface area contributed by atoms with Gasteiger partial charge in [0.05, 0.1) is 6.61 Å². The minimum absolute atomic E-state index is 0.816. The van der Waals surface area contributed by atoms with Crippen LogP contribution in [0.15, 0.2) is 0 Å². The fourth-order valence-electron chi connectivity index (χ4n) is 1.95. The van der Waals surface area contributed by atoms with Gasteiger partial charge in [0.2, 0.25) is 0 Å². The molecule has 0 aromatic heterocycles. The lowest BCUT2D eigenvalue weighted by atomic mass is 9.98. The SMILES string of the molecule is C1COCC(C2CNCCS2)C1. The summed E-state index contributed by atoms with van der Waals surface area (Å²) in [7, 11) is 0. The lowest BCUT2D eigenvalue weighted by Crippen LogP contribution is -2.40. The van der Waals surface area contributed by atoms with Gasteiger partial charge < -0.3 is 10.1 Å². The van der Waals surface area contributed by atoms with Gasteiger partial charge in [0.15, 0.2) is 0 Å². The molecule has 0 spiro atoms. The lowest BCUT2D eigenvalue weighted by Gasteiger charge is -2.32. The van der Waals surface area contributed by atoms with Crippen molar-refractivity contribution < 1.29 is 4.74 Å². The van der Waals surface area contributed by atoms with E-state index in [4.69, 9.17) is 4.74 Å². The van der Waals surface area contributed by atoms with Crippen LogP contribution in [0.4, 0.5) is 0 Å². The van der Waals surface area contributed by atoms with E-state index in [9.17, 15) is 0 Å². The monoisotopic (exact) mass is 187 g/mol. The molecule has 3 heteroatoms. The molecule has 0 aliphatic carbocycles. The summed E-state index contributed by atoms with van der Waals surface area (Å²) in [5.74, 6) is 2.10. The van der Waals surface area contributed by atoms with E-state index in [0.29, 0.717) is 0 Å². The molecule has 70 valence electrons. The Bertz CT molecular complexity index is 114. The van der Waals surface area contributed by atoms with Gasteiger partial charge >= 0.3 is 0 Å². The van der Waals surface area contributed by atoms with Gasteiger partial charge in [-0.25, -0.2) is 0 Å². The van der Waals surface area contributed by atoms with E-state index in [2.05, 4.69) is 17.1 Å². The maximum absolute atomic E-state index is 5.49. The van der Waals surface area contributed by atoms with Crippen LogP contribution in [0.5, 0.6) is 0 Å². The van der Waals surface area contributed by atoms with Crippen molar-refractivity contribution in [1.29, 1.82) is 0 Å². The molecule has 2 unspecified atom stereocenters. The van der Waals surface area contributed by atoms with Crippen LogP contribution in [0.1, 0.15) is 12.8 Å². The number of ether oxygens (including phenoxy) is 1. The maximum Gasteiger partial charge on any atom is 0.0505 e. The van der Waals surface area contributed by atoms with Crippen LogP contribution in [-0.4, -0.2) is 37.3 Å². The fraction of sp³-hybridized carbons (Fsp3) is 1.00. The Morgan fingerprint density at radius 2 is 2.42 bits per heavy atom. The highest BCUT2D eigenvalue weighted by Gasteiger charge is 2.25. The predicted molar refractivity (Wildman–Crippen MR) is 52.7 cm³/mol. The molecule has 2 atom stereocenters. The second-order valence-electron chi connectivity index (χ2n) is 3.59. The third kappa shape index (κ3) is 2.15. The largest absolute Gasteiger partial charge is 0.381 e. The van der Waals surface area contributed by atoms with Crippen molar-refractivity contribution in [2.45, 2.75) is 18.1 Å². The number of hydrogen-bond acceptors (Lipinski definition) is 3. The van der Waals surface area contributed by atoms with Gasteiger partial charge in [-0.1, -0.05) is 0 Å². The van der Waals surface area contributed by atoms with E-state index in [0.717, 1.165) is 24.4 Å². The molecule has 2 saturated heterocycles. The molecular weight excluding hydrogens is 170 g/mol. The fourth-order valence-corrected chi connectivity index (χ4v) is 3.23. The molecular formula is C9H17NOS. The Labute approximate surface area is 78.4 Å². The summed E-state index contributed by atoms with van der Waals surface area (Å²) in [6, 6.07) is 0. The first-order valence-corrected chi connectivity index (χ1v) is 5.92. The molecule has 0 aromatic rings. The summed E-state index contributed by atoms with van der Waals surface area (Å²) in [5.41, 5.74) is 0. The number of rotatable bonds is 1. The molecule has 0 radical (unpaired) electrons. The van der Waals surface area contributed by atoms with Crippen LogP contribution in [0.25, 0.3) is 0 Å². The van der Waals surface area contributed by atoms with Gasteiger partial charge in [0.25, 0.3) is 0 Å². The minimum atomic E-state index is 0.816. The van der Waals surface area contributed by atoms with Crippen LogP contribution in [0, 0.1) is 5.92 Å². The van der Waals surface area contributed by atoms with Crippen molar-refractivity contribution in [2.24, 2.45) is 5.92 Å². The third-order valence-corrected chi connectivity index (χ3v) is 4.10. The molecule has 2 heterocycles. The average molecular weight is 187 g/mol. The molecule has 0 saturated carbocycles. The molecule has 0 amide bonds. The van der Waals surface area contributed by atoms with E-state index in [1.54, 1.807) is 0 Å². The van der Waals surface area contributed by atoms with Crippen molar-refractivity contribution >= 4 is 11.8 Å². The summed E-state index contributed by atoms with van der Waals surface area (Å²) < 4.78 is 5.49. The first kappa shape index (κ1) is 8.85. The number of thioether (sulfide) groups is 1. The van der Waals surface area contributed by atoms with Crippen molar-refractivity contribution in [3.8, 4) is 0 Å². The lowest BCUT2D eigenvalue weighted by molar-refractivity contribution is 0.0537. The van der Waals surface area contributed by atoms with E-state index in [-0.39, 0.29) is 0 Å². The molecule has 2 aliphatic heterocycles. The summed E-state index contributed by atoms with van der Waals surface area (Å²) in [6.45, 7) is 4.37. The quantitative estimate of drug-likeness (QED) is 0.664. The molecule has 12 heavy (non-hydrogen) atoms. The van der Waals surface area contributed by atoms with E-state index >= 15 is 0 Å². The van der Waals surface area contributed by atoms with Gasteiger partial charge in [0, 0.05) is 30.7 Å². The third-order valence-electron chi connectivity index (χ3n) is 2.68. The van der Waals surface area contributed by atoms with E-state index in [1.807, 2.05) is 0 Å². The van der Waals surface area contributed by atoms with Crippen LogP contribution in [-0.2, 0) is 4.74 Å².